The van der Waals surface area contributed by atoms with E-state index < -0.39 is 12.0 Å². The third kappa shape index (κ3) is 5.60. The topological polar surface area (TPSA) is 149 Å². The average Bonchev–Trinajstić information content (AvgIpc) is 3.64. The number of nitrogens with two attached hydrogens (primary N) is 1. The maximum Gasteiger partial charge on any atom is 0.320 e. The lowest BCUT2D eigenvalue weighted by molar-refractivity contribution is -0.138. The van der Waals surface area contributed by atoms with Gasteiger partial charge in [-0.15, -0.1) is 0 Å². The van der Waals surface area contributed by atoms with E-state index in [1.807, 2.05) is 42.5 Å². The van der Waals surface area contributed by atoms with E-state index in [-0.39, 0.29) is 6.42 Å². The molecule has 0 unspecified atom stereocenters. The molecule has 6 rings (SSSR count). The summed E-state index contributed by atoms with van der Waals surface area (Å²) in [5, 5.41) is 8.42. The zero-order chi connectivity index (χ0) is 24.2. The van der Waals surface area contributed by atoms with Crippen molar-refractivity contribution in [3.8, 4) is 0 Å². The van der Waals surface area contributed by atoms with Gasteiger partial charge in [-0.3, -0.25) is 4.79 Å². The average molecular weight is 466 g/mol. The summed E-state index contributed by atoms with van der Waals surface area (Å²) < 4.78 is 0. The molecule has 35 heavy (non-hydrogen) atoms. The normalized spacial score (nSPS) is 12.7. The number of aliphatic carboxylic acids is 1. The van der Waals surface area contributed by atoms with Crippen molar-refractivity contribution in [3.63, 3.8) is 0 Å². The van der Waals surface area contributed by atoms with Crippen LogP contribution in [0.3, 0.4) is 0 Å². The van der Waals surface area contributed by atoms with Crippen LogP contribution in [0.25, 0.3) is 46.4 Å². The number of aromatic amines is 3. The number of imidazole rings is 1. The highest BCUT2D eigenvalue weighted by molar-refractivity contribution is 5.77. The van der Waals surface area contributed by atoms with Gasteiger partial charge < -0.3 is 25.8 Å². The Morgan fingerprint density at radius 3 is 1.74 bits per heavy atom. The lowest BCUT2D eigenvalue weighted by Gasteiger charge is -2.02. The van der Waals surface area contributed by atoms with Crippen LogP contribution in [-0.4, -0.2) is 47.0 Å². The summed E-state index contributed by atoms with van der Waals surface area (Å²) in [6.07, 6.45) is 11.4. The van der Waals surface area contributed by atoms with Gasteiger partial charge in [0.2, 0.25) is 0 Å². The molecule has 9 nitrogen and oxygen atoms in total. The molecule has 2 aliphatic rings. The van der Waals surface area contributed by atoms with Gasteiger partial charge >= 0.3 is 5.97 Å². The van der Waals surface area contributed by atoms with Gasteiger partial charge in [0.25, 0.3) is 0 Å². The fourth-order valence-electron chi connectivity index (χ4n) is 3.66. The molecule has 4 aromatic rings. The number of nitrogens with one attached hydrogen (secondary N) is 3. The molecular formula is C26H23N7O2. The summed E-state index contributed by atoms with van der Waals surface area (Å²) in [6, 6.07) is 15.6. The molecule has 1 atom stereocenters. The maximum atomic E-state index is 10.3. The van der Waals surface area contributed by atoms with Crippen LogP contribution in [0.1, 0.15) is 28.5 Å². The van der Waals surface area contributed by atoms with Crippen molar-refractivity contribution in [3.05, 3.63) is 89.5 Å². The smallest absolute Gasteiger partial charge is 0.320 e. The van der Waals surface area contributed by atoms with Gasteiger partial charge in [0.1, 0.15) is 6.04 Å². The Morgan fingerprint density at radius 1 is 0.800 bits per heavy atom. The minimum atomic E-state index is -1.00. The van der Waals surface area contributed by atoms with E-state index in [2.05, 4.69) is 60.2 Å². The molecule has 0 saturated heterocycles. The first-order chi connectivity index (χ1) is 17.0. The van der Waals surface area contributed by atoms with Crippen LogP contribution in [0.2, 0.25) is 0 Å². The molecule has 174 valence electrons. The van der Waals surface area contributed by atoms with Crippen molar-refractivity contribution >= 4 is 52.3 Å². The molecular weight excluding hydrogens is 442 g/mol. The summed E-state index contributed by atoms with van der Waals surface area (Å²) in [4.78, 5) is 32.8. The van der Waals surface area contributed by atoms with Crippen LogP contribution >= 0.6 is 0 Å². The fourth-order valence-corrected chi connectivity index (χ4v) is 3.66. The Bertz CT molecular complexity index is 1490. The number of carbonyl (C=O) groups is 1. The molecule has 0 aromatic carbocycles. The van der Waals surface area contributed by atoms with Crippen molar-refractivity contribution in [1.29, 1.82) is 0 Å². The van der Waals surface area contributed by atoms with E-state index in [1.54, 1.807) is 6.20 Å². The predicted molar refractivity (Wildman–Crippen MR) is 137 cm³/mol. The van der Waals surface area contributed by atoms with Gasteiger partial charge in [0.15, 0.2) is 0 Å². The monoisotopic (exact) mass is 465 g/mol. The number of rotatable bonds is 3. The van der Waals surface area contributed by atoms with Crippen LogP contribution in [0.5, 0.6) is 0 Å². The highest BCUT2D eigenvalue weighted by Gasteiger charge is 2.12. The highest BCUT2D eigenvalue weighted by atomic mass is 16.4. The molecule has 0 fully saturated rings. The summed E-state index contributed by atoms with van der Waals surface area (Å²) in [5.41, 5.74) is 13.9. The third-order valence-electron chi connectivity index (χ3n) is 5.35. The Morgan fingerprint density at radius 2 is 1.29 bits per heavy atom. The van der Waals surface area contributed by atoms with Gasteiger partial charge in [-0.2, -0.15) is 0 Å². The highest BCUT2D eigenvalue weighted by Crippen LogP contribution is 2.17. The molecule has 2 aliphatic heterocycles. The number of hydrogen-bond acceptors (Lipinski definition) is 5. The largest absolute Gasteiger partial charge is 0.480 e. The van der Waals surface area contributed by atoms with Crippen LogP contribution in [0.15, 0.2) is 61.1 Å². The molecule has 0 aliphatic carbocycles. The Balaban J connectivity index is 0.000000195. The number of hydrogen-bond donors (Lipinski definition) is 5. The Labute approximate surface area is 200 Å². The number of nitrogens with zero attached hydrogens (tertiary/aromatic N) is 3. The zero-order valence-corrected chi connectivity index (χ0v) is 18.6. The lowest BCUT2D eigenvalue weighted by Crippen LogP contribution is -2.32. The maximum absolute atomic E-state index is 10.3. The minimum absolute atomic E-state index is 0.287. The minimum Gasteiger partial charge on any atom is -0.480 e. The number of H-pyrrole nitrogens is 3. The van der Waals surface area contributed by atoms with Crippen LogP contribution in [0, 0.1) is 0 Å². The van der Waals surface area contributed by atoms with Crippen LogP contribution in [0.4, 0.5) is 0 Å². The molecule has 6 N–H and O–H groups in total. The number of fused-ring (bicyclic) bond motifs is 8. The Kier molecular flexibility index (Phi) is 6.06. The molecule has 4 aromatic heterocycles. The van der Waals surface area contributed by atoms with Gasteiger partial charge in [0.05, 0.1) is 29.1 Å². The van der Waals surface area contributed by atoms with Crippen molar-refractivity contribution < 1.29 is 9.90 Å². The van der Waals surface area contributed by atoms with Crippen molar-refractivity contribution in [2.45, 2.75) is 12.5 Å². The van der Waals surface area contributed by atoms with Gasteiger partial charge in [-0.1, -0.05) is 0 Å². The number of carboxylic acids is 1. The molecule has 0 radical (unpaired) electrons. The Hall–Kier alpha value is -4.76. The van der Waals surface area contributed by atoms with E-state index in [4.69, 9.17) is 10.8 Å². The first kappa shape index (κ1) is 22.1. The summed E-state index contributed by atoms with van der Waals surface area (Å²) in [7, 11) is 0. The van der Waals surface area contributed by atoms with Crippen LogP contribution in [-0.2, 0) is 11.2 Å². The lowest BCUT2D eigenvalue weighted by atomic mass is 10.2. The summed E-state index contributed by atoms with van der Waals surface area (Å²) >= 11 is 0. The first-order valence-corrected chi connectivity index (χ1v) is 11.0. The molecule has 0 saturated carbocycles. The van der Waals surface area contributed by atoms with Crippen molar-refractivity contribution in [2.24, 2.45) is 5.73 Å². The van der Waals surface area contributed by atoms with E-state index >= 15 is 0 Å². The zero-order valence-electron chi connectivity index (χ0n) is 18.6. The van der Waals surface area contributed by atoms with E-state index in [0.717, 1.165) is 50.5 Å². The second-order valence-electron chi connectivity index (χ2n) is 8.13. The molecule has 0 spiro atoms. The first-order valence-electron chi connectivity index (χ1n) is 11.0. The second-order valence-corrected chi connectivity index (χ2v) is 8.13. The quantitative estimate of drug-likeness (QED) is 0.266. The van der Waals surface area contributed by atoms with Gasteiger partial charge in [-0.25, -0.2) is 15.0 Å². The van der Waals surface area contributed by atoms with E-state index in [1.165, 1.54) is 6.33 Å². The van der Waals surface area contributed by atoms with Crippen molar-refractivity contribution in [1.82, 2.24) is 29.9 Å². The van der Waals surface area contributed by atoms with Crippen molar-refractivity contribution in [2.75, 3.05) is 0 Å². The van der Waals surface area contributed by atoms with Gasteiger partial charge in [-0.05, 0) is 72.8 Å². The van der Waals surface area contributed by atoms with Gasteiger partial charge in [0, 0.05) is 40.4 Å². The summed E-state index contributed by atoms with van der Waals surface area (Å²) in [6.45, 7) is 0. The molecule has 6 heterocycles. The number of aromatic nitrogens is 6. The van der Waals surface area contributed by atoms with E-state index in [9.17, 15) is 4.79 Å². The van der Waals surface area contributed by atoms with E-state index in [0.29, 0.717) is 0 Å². The fraction of sp³-hybridized carbons (Fsp3) is 0.0769. The standard InChI is InChI=1S/C20H14N4.C6H9N3O2/c1-2-14-10-16-5-6-18(23-16)12-20-8-7-19(24-20)11-17-4-3-15(22-17)9-13(1)21-14;7-5(6(10)11)1-4-2-8-3-9-4/h1-12,21-22H;2-3,5H,1,7H2,(H,8,9)(H,10,11)/t;5-/m.0/s1. The third-order valence-corrected chi connectivity index (χ3v) is 5.35. The molecule has 8 bridgehead atoms. The molecule has 0 amide bonds. The predicted octanol–water partition coefficient (Wildman–Crippen LogP) is 4.02. The number of carboxylic acid groups (broad SMARTS) is 1. The van der Waals surface area contributed by atoms with Crippen LogP contribution < -0.4 is 5.73 Å². The second kappa shape index (κ2) is 9.62. The summed E-state index contributed by atoms with van der Waals surface area (Å²) in [5.74, 6) is -1.00. The SMILES string of the molecule is C1=Cc2cc3ccc(cc4ccc(cc5nc(cc1n2)C=C5)[nH]4)[nH]3.N[C@@H](Cc1cnc[nH]1)C(=O)O. The molecule has 9 heteroatoms.